The van der Waals surface area contributed by atoms with Crippen molar-refractivity contribution in [1.29, 1.82) is 0 Å². The van der Waals surface area contributed by atoms with Crippen LogP contribution in [0, 0.1) is 17.8 Å². The fourth-order valence-corrected chi connectivity index (χ4v) is 8.45. The lowest BCUT2D eigenvalue weighted by Crippen LogP contribution is -2.65. The summed E-state index contributed by atoms with van der Waals surface area (Å²) in [7, 11) is 1.37. The summed E-state index contributed by atoms with van der Waals surface area (Å²) in [4.78, 5) is 129. The number of aliphatic hydroxyl groups excluding tert-OH is 1. The van der Waals surface area contributed by atoms with Crippen molar-refractivity contribution in [2.45, 2.75) is 154 Å². The fraction of sp³-hybridized carbons (Fsp3) is 0.580. The highest BCUT2D eigenvalue weighted by atomic mass is 16.5. The van der Waals surface area contributed by atoms with Crippen LogP contribution in [-0.2, 0) is 55.9 Å². The van der Waals surface area contributed by atoms with Crippen LogP contribution in [0.2, 0.25) is 0 Å². The van der Waals surface area contributed by atoms with Gasteiger partial charge in [0, 0.05) is 32.4 Å². The van der Waals surface area contributed by atoms with E-state index in [1.807, 2.05) is 0 Å². The van der Waals surface area contributed by atoms with E-state index in [2.05, 4.69) is 31.9 Å². The molecule has 9 amide bonds. The number of hydrogen-bond donors (Lipinski definition) is 9. The highest BCUT2D eigenvalue weighted by molar-refractivity contribution is 5.98. The van der Waals surface area contributed by atoms with Crippen molar-refractivity contribution in [3.8, 4) is 5.75 Å². The molecule has 2 aromatic rings. The lowest BCUT2D eigenvalue weighted by Gasteiger charge is -2.43. The maximum absolute atomic E-state index is 15.1. The highest BCUT2D eigenvalue weighted by Gasteiger charge is 2.46. The number of nitrogens with one attached hydrogen (secondary N) is 6. The van der Waals surface area contributed by atoms with Crippen LogP contribution in [0.5, 0.6) is 5.75 Å². The van der Waals surface area contributed by atoms with Gasteiger partial charge in [-0.15, -0.1) is 0 Å². The molecule has 21 heteroatoms. The number of likely N-dealkylation sites (N-methyl/N-ethyl adjacent to an activating group) is 1. The van der Waals surface area contributed by atoms with Crippen molar-refractivity contribution >= 4 is 53.4 Å². The van der Waals surface area contributed by atoms with Crippen molar-refractivity contribution in [1.82, 2.24) is 41.7 Å². The van der Waals surface area contributed by atoms with Gasteiger partial charge in [-0.25, -0.2) is 9.59 Å². The summed E-state index contributed by atoms with van der Waals surface area (Å²) < 4.78 is 5.97. The van der Waals surface area contributed by atoms with Crippen molar-refractivity contribution in [2.75, 3.05) is 13.6 Å². The number of benzene rings is 2. The Labute approximate surface area is 415 Å². The predicted octanol–water partition coefficient (Wildman–Crippen LogP) is 0.880. The van der Waals surface area contributed by atoms with Gasteiger partial charge in [-0.05, 0) is 74.1 Å². The molecule has 0 radical (unpaired) electrons. The standard InChI is InChI=1S/C50H73N9O12/c1-9-29(6)40-49(69)71-30(7)41(57-43(63)34(53-42(62)28(4)5)16-13-23-52-50(51)70)46(66)55-36(24-27(2)3)44(64)54-35-21-22-39(61)59(47(35)67)38(26-31-14-11-10-12-15-31)48(68)58(8)37(45(65)56-40)25-32-17-19-33(60)20-18-32/h10-12,14-15,17-20,27-30,34-41,60-61H,9,13,16,21-26H2,1-8H3,(H,53,62)(H,54,64)(H,55,66)(H,56,65)(H,57,63)(H3,51,52,70)/t29-,30-,34+,35+,36+,37?,38+,39-,40+,41+/m1/s1. The molecule has 2 saturated heterocycles. The van der Waals surface area contributed by atoms with Crippen LogP contribution in [-0.4, -0.2) is 142 Å². The van der Waals surface area contributed by atoms with Crippen LogP contribution >= 0.6 is 0 Å². The number of aliphatic hydroxyl groups is 1. The molecule has 0 aliphatic carbocycles. The summed E-state index contributed by atoms with van der Waals surface area (Å²) in [5.74, 6) is -7.89. The van der Waals surface area contributed by atoms with Gasteiger partial charge in [-0.1, -0.05) is 90.4 Å². The summed E-state index contributed by atoms with van der Waals surface area (Å²) in [6.45, 7) is 11.7. The van der Waals surface area contributed by atoms with Gasteiger partial charge < -0.3 is 62.4 Å². The molecule has 21 nitrogen and oxygen atoms in total. The number of urea groups is 1. The zero-order valence-corrected chi connectivity index (χ0v) is 41.9. The molecule has 390 valence electrons. The summed E-state index contributed by atoms with van der Waals surface area (Å²) in [6.07, 6.45) is -2.83. The van der Waals surface area contributed by atoms with Crippen LogP contribution in [0.1, 0.15) is 98.1 Å². The molecular formula is C50H73N9O12. The molecule has 0 saturated carbocycles. The molecule has 2 heterocycles. The number of nitrogens with zero attached hydrogens (tertiary/aromatic N) is 2. The van der Waals surface area contributed by atoms with Crippen LogP contribution in [0.3, 0.4) is 0 Å². The van der Waals surface area contributed by atoms with E-state index in [0.717, 1.165) is 9.80 Å². The quantitative estimate of drug-likeness (QED) is 0.0837. The number of carbonyl (C=O) groups is 9. The SMILES string of the molecule is CC[C@@H](C)[C@@H]1NC(=O)C(Cc2ccc(O)cc2)N(C)C(=O)[C@H](Cc2ccccc2)N2C(=O)[C@H](CC[C@H]2O)NC(=O)[C@H](CC(C)C)NC(=O)[C@@H](NC(=O)[C@H](CCCNC(N)=O)NC(=O)C(C)C)[C@@H](C)OC1=O. The van der Waals surface area contributed by atoms with Gasteiger partial charge in [-0.3, -0.25) is 33.6 Å². The number of fused-ring (bicyclic) bond motifs is 2. The molecule has 2 aliphatic rings. The Balaban J connectivity index is 1.88. The van der Waals surface area contributed by atoms with E-state index in [1.165, 1.54) is 26.1 Å². The number of aromatic hydroxyl groups is 1. The number of rotatable bonds is 16. The Kier molecular flexibility index (Phi) is 21.2. The fourth-order valence-electron chi connectivity index (χ4n) is 8.45. The second-order valence-corrected chi connectivity index (χ2v) is 19.2. The number of piperidine rings is 1. The van der Waals surface area contributed by atoms with Crippen molar-refractivity contribution in [3.05, 3.63) is 65.7 Å². The molecule has 1 unspecified atom stereocenters. The lowest BCUT2D eigenvalue weighted by molar-refractivity contribution is -0.165. The van der Waals surface area contributed by atoms with Crippen LogP contribution in [0.25, 0.3) is 0 Å². The number of phenols is 1. The minimum atomic E-state index is -1.72. The first-order chi connectivity index (χ1) is 33.5. The van der Waals surface area contributed by atoms with Crippen molar-refractivity contribution < 1.29 is 58.1 Å². The monoisotopic (exact) mass is 992 g/mol. The molecule has 0 spiro atoms. The Bertz CT molecular complexity index is 2190. The van der Waals surface area contributed by atoms with Gasteiger partial charge in [-0.2, -0.15) is 0 Å². The average molecular weight is 992 g/mol. The molecule has 2 aromatic carbocycles. The number of nitrogens with two attached hydrogens (primary N) is 1. The summed E-state index contributed by atoms with van der Waals surface area (Å²) in [5, 5.41) is 37.6. The van der Waals surface area contributed by atoms with Crippen LogP contribution < -0.4 is 37.6 Å². The predicted molar refractivity (Wildman–Crippen MR) is 260 cm³/mol. The van der Waals surface area contributed by atoms with E-state index < -0.39 is 120 Å². The number of primary amides is 1. The zero-order valence-electron chi connectivity index (χ0n) is 41.9. The third kappa shape index (κ3) is 16.1. The maximum atomic E-state index is 15.1. The topological polar surface area (TPSA) is 308 Å². The van der Waals surface area contributed by atoms with Crippen LogP contribution in [0.4, 0.5) is 4.79 Å². The minimum Gasteiger partial charge on any atom is -0.508 e. The molecule has 2 aliphatic heterocycles. The Morgan fingerprint density at radius 3 is 2.06 bits per heavy atom. The van der Waals surface area contributed by atoms with E-state index in [9.17, 15) is 48.6 Å². The summed E-state index contributed by atoms with van der Waals surface area (Å²) in [5.41, 5.74) is 6.35. The number of carbonyl (C=O) groups excluding carboxylic acids is 9. The zero-order chi connectivity index (χ0) is 52.7. The first kappa shape index (κ1) is 56.8. The average Bonchev–Trinajstić information content (AvgIpc) is 3.32. The van der Waals surface area contributed by atoms with Gasteiger partial charge >= 0.3 is 12.0 Å². The molecule has 2 fully saturated rings. The number of hydrogen-bond acceptors (Lipinski definition) is 12. The number of amides is 9. The molecule has 0 aromatic heterocycles. The van der Waals surface area contributed by atoms with Crippen molar-refractivity contribution in [2.24, 2.45) is 23.5 Å². The van der Waals surface area contributed by atoms with Gasteiger partial charge in [0.15, 0.2) is 0 Å². The van der Waals surface area contributed by atoms with E-state index in [1.54, 1.807) is 84.0 Å². The Morgan fingerprint density at radius 2 is 1.45 bits per heavy atom. The third-order valence-corrected chi connectivity index (χ3v) is 12.9. The second-order valence-electron chi connectivity index (χ2n) is 19.2. The molecule has 10 atom stereocenters. The lowest BCUT2D eigenvalue weighted by atomic mass is 9.94. The largest absolute Gasteiger partial charge is 0.508 e. The van der Waals surface area contributed by atoms with Crippen LogP contribution in [0.15, 0.2) is 54.6 Å². The summed E-state index contributed by atoms with van der Waals surface area (Å²) in [6, 6.07) is 4.10. The number of phenolic OH excluding ortho intramolecular Hbond substituents is 1. The normalized spacial score (nSPS) is 24.8. The number of esters is 1. The Morgan fingerprint density at radius 1 is 0.817 bits per heavy atom. The highest BCUT2D eigenvalue weighted by Crippen LogP contribution is 2.26. The molecule has 4 rings (SSSR count). The van der Waals surface area contributed by atoms with E-state index in [4.69, 9.17) is 10.5 Å². The third-order valence-electron chi connectivity index (χ3n) is 12.9. The molecule has 2 bridgehead atoms. The second kappa shape index (κ2) is 26.4. The van der Waals surface area contributed by atoms with E-state index in [-0.39, 0.29) is 63.2 Å². The van der Waals surface area contributed by atoms with Gasteiger partial charge in [0.05, 0.1) is 0 Å². The first-order valence-corrected chi connectivity index (χ1v) is 24.4. The van der Waals surface area contributed by atoms with Gasteiger partial charge in [0.25, 0.3) is 0 Å². The van der Waals surface area contributed by atoms with Crippen molar-refractivity contribution in [3.63, 3.8) is 0 Å². The number of cyclic esters (lactones) is 1. The maximum Gasteiger partial charge on any atom is 0.329 e. The van der Waals surface area contributed by atoms with Gasteiger partial charge in [0.2, 0.25) is 41.4 Å². The van der Waals surface area contributed by atoms with Gasteiger partial charge in [0.1, 0.15) is 60.4 Å². The molecule has 71 heavy (non-hydrogen) atoms. The summed E-state index contributed by atoms with van der Waals surface area (Å²) >= 11 is 0. The van der Waals surface area contributed by atoms with E-state index >= 15 is 4.79 Å². The molecular weight excluding hydrogens is 919 g/mol. The number of ether oxygens (including phenoxy) is 1. The Hall–Kier alpha value is -6.77. The minimum absolute atomic E-state index is 0.0246. The molecule has 10 N–H and O–H groups in total. The van der Waals surface area contributed by atoms with E-state index in [0.29, 0.717) is 17.5 Å². The first-order valence-electron chi connectivity index (χ1n) is 24.4. The smallest absolute Gasteiger partial charge is 0.329 e.